The van der Waals surface area contributed by atoms with Gasteiger partial charge in [-0.2, -0.15) is 0 Å². The first kappa shape index (κ1) is 78.0. The van der Waals surface area contributed by atoms with Gasteiger partial charge < -0.3 is 14.6 Å². The maximum Gasteiger partial charge on any atom is 0.306 e. The predicted molar refractivity (Wildman–Crippen MR) is 361 cm³/mol. The molecule has 0 rings (SSSR count). The van der Waals surface area contributed by atoms with Gasteiger partial charge >= 0.3 is 11.9 Å². The number of rotatable bonds is 63. The summed E-state index contributed by atoms with van der Waals surface area (Å²) in [5.74, 6) is -0.591. The Labute approximate surface area is 508 Å². The number of unbranched alkanes of at least 4 members (excludes halogenated alkanes) is 33. The molecule has 0 aliphatic heterocycles. The van der Waals surface area contributed by atoms with E-state index in [4.69, 9.17) is 9.47 Å². The van der Waals surface area contributed by atoms with Crippen LogP contribution in [0.3, 0.4) is 0 Å². The molecule has 0 radical (unpaired) electrons. The molecule has 0 aromatic carbocycles. The number of aliphatic hydroxyl groups is 1. The van der Waals surface area contributed by atoms with E-state index in [-0.39, 0.29) is 25.2 Å². The fourth-order valence-corrected chi connectivity index (χ4v) is 9.82. The fourth-order valence-electron chi connectivity index (χ4n) is 9.82. The molecular formula is C77H130O5. The van der Waals surface area contributed by atoms with E-state index in [1.165, 1.54) is 180 Å². The van der Waals surface area contributed by atoms with Gasteiger partial charge in [0.05, 0.1) is 6.61 Å². The van der Waals surface area contributed by atoms with Crippen molar-refractivity contribution in [1.82, 2.24) is 0 Å². The average molecular weight is 1140 g/mol. The monoisotopic (exact) mass is 1130 g/mol. The van der Waals surface area contributed by atoms with Gasteiger partial charge in [-0.3, -0.25) is 9.59 Å². The minimum Gasteiger partial charge on any atom is -0.462 e. The van der Waals surface area contributed by atoms with Crippen molar-refractivity contribution in [1.29, 1.82) is 0 Å². The average Bonchev–Trinajstić information content (AvgIpc) is 3.49. The van der Waals surface area contributed by atoms with E-state index in [1.807, 2.05) is 0 Å². The van der Waals surface area contributed by atoms with Gasteiger partial charge in [0.1, 0.15) is 6.61 Å². The smallest absolute Gasteiger partial charge is 0.306 e. The highest BCUT2D eigenvalue weighted by Gasteiger charge is 2.16. The van der Waals surface area contributed by atoms with Crippen molar-refractivity contribution >= 4 is 11.9 Å². The Hall–Kier alpha value is -3.96. The lowest BCUT2D eigenvalue weighted by molar-refractivity contribution is -0.161. The van der Waals surface area contributed by atoms with E-state index in [1.54, 1.807) is 0 Å². The van der Waals surface area contributed by atoms with Gasteiger partial charge in [0, 0.05) is 12.8 Å². The Bertz CT molecular complexity index is 1670. The van der Waals surface area contributed by atoms with Crippen molar-refractivity contribution in [3.63, 3.8) is 0 Å². The Morgan fingerprint density at radius 2 is 0.488 bits per heavy atom. The van der Waals surface area contributed by atoms with E-state index >= 15 is 0 Å². The second kappa shape index (κ2) is 71.3. The molecule has 5 heteroatoms. The molecular weight excluding hydrogens is 1000 g/mol. The highest BCUT2D eigenvalue weighted by atomic mass is 16.6. The predicted octanol–water partition coefficient (Wildman–Crippen LogP) is 24.3. The van der Waals surface area contributed by atoms with Crippen molar-refractivity contribution in [3.8, 4) is 0 Å². The van der Waals surface area contributed by atoms with Crippen molar-refractivity contribution in [3.05, 3.63) is 134 Å². The highest BCUT2D eigenvalue weighted by molar-refractivity contribution is 5.70. The number of allylic oxidation sites excluding steroid dienone is 22. The summed E-state index contributed by atoms with van der Waals surface area (Å²) in [6, 6.07) is 0. The van der Waals surface area contributed by atoms with Gasteiger partial charge in [-0.25, -0.2) is 0 Å². The summed E-state index contributed by atoms with van der Waals surface area (Å²) in [5, 5.41) is 9.70. The van der Waals surface area contributed by atoms with Crippen LogP contribution in [0.2, 0.25) is 0 Å². The minimum absolute atomic E-state index is 0.0714. The van der Waals surface area contributed by atoms with Crippen LogP contribution in [0.4, 0.5) is 0 Å². The standard InChI is InChI=1S/C77H130O5/c1-3-5-7-9-11-13-15-17-19-21-23-25-27-29-31-33-35-36-37-38-39-40-42-43-45-47-49-51-53-55-57-59-61-63-65-67-69-71-76(79)81-74-75(73-78)82-77(80)72-70-68-66-64-62-60-58-56-54-52-50-48-46-44-41-34-32-30-28-26-24-22-20-18-16-14-12-10-8-6-4-2/h5-8,11-14,17-20,23-26,30,32,41,44,48,50,75,78H,3-4,9-10,15-16,21-22,27-29,31,33-40,42-43,45-47,49,51-74H2,1-2H3/b7-5-,8-6-,13-11-,14-12-,19-17-,20-18-,25-23-,26-24-,32-30-,44-41-,50-48-. The number of carbonyl (C=O) groups is 2. The molecule has 468 valence electrons. The third-order valence-electron chi connectivity index (χ3n) is 14.9. The number of esters is 2. The van der Waals surface area contributed by atoms with Crippen LogP contribution in [0, 0.1) is 0 Å². The topological polar surface area (TPSA) is 72.8 Å². The van der Waals surface area contributed by atoms with Gasteiger partial charge in [0.15, 0.2) is 6.10 Å². The Balaban J connectivity index is 3.47. The summed E-state index contributed by atoms with van der Waals surface area (Å²) in [5.41, 5.74) is 0. The molecule has 1 N–H and O–H groups in total. The van der Waals surface area contributed by atoms with Crippen molar-refractivity contribution in [2.75, 3.05) is 13.2 Å². The van der Waals surface area contributed by atoms with Gasteiger partial charge in [-0.1, -0.05) is 334 Å². The van der Waals surface area contributed by atoms with E-state index in [2.05, 4.69) is 148 Å². The van der Waals surface area contributed by atoms with Gasteiger partial charge in [0.2, 0.25) is 0 Å². The molecule has 0 saturated carbocycles. The number of carbonyl (C=O) groups excluding carboxylic acids is 2. The summed E-state index contributed by atoms with van der Waals surface area (Å²) in [6.45, 7) is 3.93. The third kappa shape index (κ3) is 68.5. The summed E-state index contributed by atoms with van der Waals surface area (Å²) in [7, 11) is 0. The van der Waals surface area contributed by atoms with Crippen LogP contribution >= 0.6 is 0 Å². The second-order valence-electron chi connectivity index (χ2n) is 22.8. The molecule has 1 unspecified atom stereocenters. The number of aliphatic hydroxyl groups excluding tert-OH is 1. The molecule has 0 amide bonds. The SMILES string of the molecule is CC/C=C\C/C=C\C/C=C\C/C=C\C/C=C\C/C=C\C/C=C\CCCCCCCCCCCC(=O)OC(CO)COC(=O)CCCCCCCCCCCCCCCCCCCCCCCCCC/C=C\C/C=C\C/C=C\C/C=C\CC. The Kier molecular flexibility index (Phi) is 67.9. The third-order valence-corrected chi connectivity index (χ3v) is 14.9. The molecule has 0 aromatic heterocycles. The maximum atomic E-state index is 12.4. The van der Waals surface area contributed by atoms with Crippen LogP contribution in [0.5, 0.6) is 0 Å². The summed E-state index contributed by atoms with van der Waals surface area (Å²) in [6.07, 6.45) is 106. The summed E-state index contributed by atoms with van der Waals surface area (Å²) < 4.78 is 10.8. The Morgan fingerprint density at radius 1 is 0.280 bits per heavy atom. The molecule has 82 heavy (non-hydrogen) atoms. The van der Waals surface area contributed by atoms with Crippen LogP contribution in [-0.4, -0.2) is 36.4 Å². The zero-order valence-corrected chi connectivity index (χ0v) is 53.7. The highest BCUT2D eigenvalue weighted by Crippen LogP contribution is 2.18. The maximum absolute atomic E-state index is 12.4. The van der Waals surface area contributed by atoms with Crippen molar-refractivity contribution < 1.29 is 24.2 Å². The van der Waals surface area contributed by atoms with Crippen LogP contribution in [-0.2, 0) is 19.1 Å². The molecule has 5 nitrogen and oxygen atoms in total. The zero-order chi connectivity index (χ0) is 59.1. The molecule has 0 spiro atoms. The van der Waals surface area contributed by atoms with E-state index in [9.17, 15) is 14.7 Å². The number of hydrogen-bond acceptors (Lipinski definition) is 5. The van der Waals surface area contributed by atoms with E-state index in [0.717, 1.165) is 116 Å². The summed E-state index contributed by atoms with van der Waals surface area (Å²) in [4.78, 5) is 24.7. The van der Waals surface area contributed by atoms with Gasteiger partial charge in [0.25, 0.3) is 0 Å². The van der Waals surface area contributed by atoms with Crippen LogP contribution in [0.25, 0.3) is 0 Å². The zero-order valence-electron chi connectivity index (χ0n) is 53.7. The first-order valence-corrected chi connectivity index (χ1v) is 34.7. The van der Waals surface area contributed by atoms with E-state index in [0.29, 0.717) is 12.8 Å². The first-order chi connectivity index (χ1) is 40.6. The largest absolute Gasteiger partial charge is 0.462 e. The molecule has 0 saturated heterocycles. The number of hydrogen-bond donors (Lipinski definition) is 1. The van der Waals surface area contributed by atoms with E-state index < -0.39 is 6.10 Å². The van der Waals surface area contributed by atoms with Gasteiger partial charge in [-0.15, -0.1) is 0 Å². The van der Waals surface area contributed by atoms with Crippen LogP contribution < -0.4 is 0 Å². The molecule has 0 aromatic rings. The fraction of sp³-hybridized carbons (Fsp3) is 0.688. The minimum atomic E-state index is -0.783. The molecule has 0 aliphatic carbocycles. The van der Waals surface area contributed by atoms with Crippen LogP contribution in [0.1, 0.15) is 322 Å². The normalized spacial score (nSPS) is 13.1. The van der Waals surface area contributed by atoms with Crippen LogP contribution in [0.15, 0.2) is 134 Å². The summed E-state index contributed by atoms with van der Waals surface area (Å²) >= 11 is 0. The second-order valence-corrected chi connectivity index (χ2v) is 22.8. The molecule has 0 heterocycles. The van der Waals surface area contributed by atoms with Gasteiger partial charge in [-0.05, 0) is 109 Å². The number of ether oxygens (including phenoxy) is 2. The molecule has 1 atom stereocenters. The first-order valence-electron chi connectivity index (χ1n) is 34.7. The Morgan fingerprint density at radius 3 is 0.732 bits per heavy atom. The molecule has 0 aliphatic rings. The lowest BCUT2D eigenvalue weighted by Gasteiger charge is -2.15. The molecule has 0 fully saturated rings. The lowest BCUT2D eigenvalue weighted by atomic mass is 10.0. The lowest BCUT2D eigenvalue weighted by Crippen LogP contribution is -2.28. The van der Waals surface area contributed by atoms with Crippen molar-refractivity contribution in [2.45, 2.75) is 328 Å². The molecule has 0 bridgehead atoms. The quantitative estimate of drug-likeness (QED) is 0.0373. The van der Waals surface area contributed by atoms with Crippen molar-refractivity contribution in [2.24, 2.45) is 0 Å².